The highest BCUT2D eigenvalue weighted by atomic mass is 32.2. The molecular weight excluding hydrogens is 446 g/mol. The average Bonchev–Trinajstić information content (AvgIpc) is 3.10. The first-order valence-corrected chi connectivity index (χ1v) is 13.4. The quantitative estimate of drug-likeness (QED) is 0.447. The third-order valence-electron chi connectivity index (χ3n) is 7.90. The van der Waals surface area contributed by atoms with Crippen molar-refractivity contribution < 1.29 is 9.53 Å². The Morgan fingerprint density at radius 2 is 1.74 bits per heavy atom. The lowest BCUT2D eigenvalue weighted by molar-refractivity contribution is -0.126. The number of thioether (sulfide) groups is 1. The van der Waals surface area contributed by atoms with Gasteiger partial charge in [-0.15, -0.1) is 10.2 Å². The number of carbonyl (C=O) groups excluding carboxylic acids is 1. The molecule has 4 fully saturated rings. The van der Waals surface area contributed by atoms with E-state index in [-0.39, 0.29) is 28.7 Å². The van der Waals surface area contributed by atoms with Crippen LogP contribution in [-0.2, 0) is 16.8 Å². The smallest absolute Gasteiger partial charge is 0.233 e. The van der Waals surface area contributed by atoms with Gasteiger partial charge in [-0.25, -0.2) is 4.68 Å². The van der Waals surface area contributed by atoms with E-state index in [0.29, 0.717) is 11.0 Å². The van der Waals surface area contributed by atoms with Crippen LogP contribution in [0.15, 0.2) is 29.4 Å². The SMILES string of the molecule is CC(Sc1nnc(COc2ccc(C(C)(C)C)cc2)n1N)C(=O)NC12CC3CC(CC(C3)C1)C2. The minimum atomic E-state index is -0.293. The largest absolute Gasteiger partial charge is 0.486 e. The first kappa shape index (κ1) is 23.5. The fraction of sp³-hybridized carbons (Fsp3) is 0.654. The Kier molecular flexibility index (Phi) is 6.07. The van der Waals surface area contributed by atoms with Crippen molar-refractivity contribution in [2.45, 2.75) is 94.2 Å². The van der Waals surface area contributed by atoms with E-state index in [9.17, 15) is 4.79 Å². The fourth-order valence-electron chi connectivity index (χ4n) is 6.52. The number of hydrogen-bond acceptors (Lipinski definition) is 6. The second-order valence-electron chi connectivity index (χ2n) is 11.8. The van der Waals surface area contributed by atoms with Gasteiger partial charge in [0.2, 0.25) is 11.1 Å². The Labute approximate surface area is 206 Å². The molecule has 7 nitrogen and oxygen atoms in total. The molecule has 0 aliphatic heterocycles. The molecule has 4 aliphatic carbocycles. The molecule has 1 unspecified atom stereocenters. The van der Waals surface area contributed by atoms with Crippen molar-refractivity contribution in [3.8, 4) is 5.75 Å². The van der Waals surface area contributed by atoms with Gasteiger partial charge in [0.05, 0.1) is 5.25 Å². The van der Waals surface area contributed by atoms with Gasteiger partial charge >= 0.3 is 0 Å². The summed E-state index contributed by atoms with van der Waals surface area (Å²) in [5, 5.41) is 12.1. The summed E-state index contributed by atoms with van der Waals surface area (Å²) in [5.74, 6) is 10.0. The summed E-state index contributed by atoms with van der Waals surface area (Å²) in [4.78, 5) is 13.1. The van der Waals surface area contributed by atoms with Crippen molar-refractivity contribution in [2.75, 3.05) is 5.84 Å². The second kappa shape index (κ2) is 8.77. The lowest BCUT2D eigenvalue weighted by atomic mass is 9.53. The molecule has 184 valence electrons. The molecule has 2 aromatic rings. The standard InChI is InChI=1S/C26H37N5O2S/c1-16(23(32)28-26-12-17-9-18(13-26)11-19(10-17)14-26)34-24-30-29-22(31(24)27)15-33-21-7-5-20(6-8-21)25(2,3)4/h5-8,16-19H,9-15,27H2,1-4H3,(H,28,32). The minimum Gasteiger partial charge on any atom is -0.486 e. The highest BCUT2D eigenvalue weighted by Gasteiger charge is 2.51. The molecule has 8 heteroatoms. The monoisotopic (exact) mass is 483 g/mol. The Bertz CT molecular complexity index is 1010. The van der Waals surface area contributed by atoms with E-state index < -0.39 is 0 Å². The molecule has 1 amide bonds. The van der Waals surface area contributed by atoms with Crippen LogP contribution in [0.2, 0.25) is 0 Å². The molecular formula is C26H37N5O2S. The molecule has 34 heavy (non-hydrogen) atoms. The summed E-state index contributed by atoms with van der Waals surface area (Å²) < 4.78 is 7.31. The van der Waals surface area contributed by atoms with E-state index >= 15 is 0 Å². The summed E-state index contributed by atoms with van der Waals surface area (Å²) in [6, 6.07) is 8.08. The van der Waals surface area contributed by atoms with Gasteiger partial charge in [-0.05, 0) is 86.3 Å². The zero-order valence-electron chi connectivity index (χ0n) is 20.7. The lowest BCUT2D eigenvalue weighted by Crippen LogP contribution is -2.60. The van der Waals surface area contributed by atoms with Crippen molar-refractivity contribution >= 4 is 17.7 Å². The van der Waals surface area contributed by atoms with Gasteiger partial charge in [0, 0.05) is 5.54 Å². The van der Waals surface area contributed by atoms with Gasteiger partial charge in [-0.2, -0.15) is 0 Å². The number of benzene rings is 1. The molecule has 3 N–H and O–H groups in total. The highest BCUT2D eigenvalue weighted by molar-refractivity contribution is 8.00. The van der Waals surface area contributed by atoms with E-state index in [1.165, 1.54) is 41.3 Å². The van der Waals surface area contributed by atoms with Crippen LogP contribution in [0, 0.1) is 17.8 Å². The molecule has 1 heterocycles. The van der Waals surface area contributed by atoms with Crippen LogP contribution in [0.5, 0.6) is 5.75 Å². The van der Waals surface area contributed by atoms with E-state index in [1.807, 2.05) is 19.1 Å². The molecule has 4 saturated carbocycles. The fourth-order valence-corrected chi connectivity index (χ4v) is 7.31. The van der Waals surface area contributed by atoms with Crippen molar-refractivity contribution in [2.24, 2.45) is 17.8 Å². The molecule has 0 saturated heterocycles. The zero-order valence-corrected chi connectivity index (χ0v) is 21.5. The maximum atomic E-state index is 13.1. The highest BCUT2D eigenvalue weighted by Crippen LogP contribution is 2.55. The number of aromatic nitrogens is 3. The summed E-state index contributed by atoms with van der Waals surface area (Å²) >= 11 is 1.35. The summed E-state index contributed by atoms with van der Waals surface area (Å²) in [6.45, 7) is 8.69. The zero-order chi connectivity index (χ0) is 24.1. The number of nitrogens with two attached hydrogens (primary N) is 1. The predicted molar refractivity (Wildman–Crippen MR) is 134 cm³/mol. The number of nitrogen functional groups attached to an aromatic ring is 1. The van der Waals surface area contributed by atoms with Gasteiger partial charge < -0.3 is 15.9 Å². The molecule has 1 atom stereocenters. The molecule has 6 rings (SSSR count). The molecule has 4 aliphatic rings. The number of rotatable bonds is 7. The van der Waals surface area contributed by atoms with E-state index in [0.717, 1.165) is 42.8 Å². The number of hydrogen-bond donors (Lipinski definition) is 2. The first-order chi connectivity index (χ1) is 16.1. The summed E-state index contributed by atoms with van der Waals surface area (Å²) in [7, 11) is 0. The molecule has 1 aromatic carbocycles. The number of ether oxygens (including phenoxy) is 1. The normalized spacial score (nSPS) is 28.6. The molecule has 1 aromatic heterocycles. The second-order valence-corrected chi connectivity index (χ2v) is 13.1. The first-order valence-electron chi connectivity index (χ1n) is 12.5. The van der Waals surface area contributed by atoms with Gasteiger partial charge in [0.15, 0.2) is 5.82 Å². The third-order valence-corrected chi connectivity index (χ3v) is 8.96. The molecule has 0 spiro atoms. The number of carbonyl (C=O) groups is 1. The maximum Gasteiger partial charge on any atom is 0.233 e. The van der Waals surface area contributed by atoms with Crippen LogP contribution >= 0.6 is 11.8 Å². The van der Waals surface area contributed by atoms with Crippen molar-refractivity contribution in [3.63, 3.8) is 0 Å². The lowest BCUT2D eigenvalue weighted by Gasteiger charge is -2.57. The van der Waals surface area contributed by atoms with Gasteiger partial charge in [-0.3, -0.25) is 4.79 Å². The number of nitrogens with one attached hydrogen (secondary N) is 1. The third kappa shape index (κ3) is 4.79. The Hall–Kier alpha value is -2.22. The molecule has 0 radical (unpaired) electrons. The van der Waals surface area contributed by atoms with Crippen LogP contribution in [0.4, 0.5) is 0 Å². The Morgan fingerprint density at radius 3 is 2.29 bits per heavy atom. The van der Waals surface area contributed by atoms with Gasteiger partial charge in [-0.1, -0.05) is 44.7 Å². The van der Waals surface area contributed by atoms with Crippen LogP contribution in [0.1, 0.15) is 77.6 Å². The van der Waals surface area contributed by atoms with E-state index in [4.69, 9.17) is 10.6 Å². The summed E-state index contributed by atoms with van der Waals surface area (Å²) in [5.41, 5.74) is 1.36. The summed E-state index contributed by atoms with van der Waals surface area (Å²) in [6.07, 6.45) is 7.53. The van der Waals surface area contributed by atoms with Crippen molar-refractivity contribution in [1.82, 2.24) is 20.2 Å². The molecule has 4 bridgehead atoms. The van der Waals surface area contributed by atoms with Crippen molar-refractivity contribution in [3.05, 3.63) is 35.7 Å². The van der Waals surface area contributed by atoms with E-state index in [2.05, 4.69) is 48.4 Å². The average molecular weight is 484 g/mol. The van der Waals surface area contributed by atoms with Crippen LogP contribution in [0.25, 0.3) is 0 Å². The number of amides is 1. The van der Waals surface area contributed by atoms with Gasteiger partial charge in [0.1, 0.15) is 12.4 Å². The Balaban J connectivity index is 1.16. The number of nitrogens with zero attached hydrogens (tertiary/aromatic N) is 3. The van der Waals surface area contributed by atoms with Crippen LogP contribution in [-0.4, -0.2) is 31.6 Å². The predicted octanol–water partition coefficient (Wildman–Crippen LogP) is 4.43. The topological polar surface area (TPSA) is 95.1 Å². The van der Waals surface area contributed by atoms with E-state index in [1.54, 1.807) is 0 Å². The maximum absolute atomic E-state index is 13.1. The van der Waals surface area contributed by atoms with Crippen LogP contribution < -0.4 is 15.9 Å². The minimum absolute atomic E-state index is 0.0125. The van der Waals surface area contributed by atoms with Crippen molar-refractivity contribution in [1.29, 1.82) is 0 Å². The Morgan fingerprint density at radius 1 is 1.15 bits per heavy atom. The van der Waals surface area contributed by atoms with Crippen LogP contribution in [0.3, 0.4) is 0 Å². The van der Waals surface area contributed by atoms with Gasteiger partial charge in [0.25, 0.3) is 0 Å².